The topological polar surface area (TPSA) is 56.6 Å². The summed E-state index contributed by atoms with van der Waals surface area (Å²) in [6.45, 7) is 1.17. The summed E-state index contributed by atoms with van der Waals surface area (Å²) < 4.78 is 13.1. The minimum absolute atomic E-state index is 0.171. The molecule has 26 heavy (non-hydrogen) atoms. The molecule has 1 amide bonds. The quantitative estimate of drug-likeness (QED) is 0.766. The Hall–Kier alpha value is -2.50. The number of hydrogen-bond acceptors (Lipinski definition) is 4. The fourth-order valence-corrected chi connectivity index (χ4v) is 4.34. The zero-order chi connectivity index (χ0) is 17.9. The van der Waals surface area contributed by atoms with Gasteiger partial charge in [-0.25, -0.2) is 0 Å². The zero-order valence-electron chi connectivity index (χ0n) is 15.1. The first-order valence-corrected chi connectivity index (χ1v) is 9.30. The molecule has 2 fully saturated rings. The predicted octanol–water partition coefficient (Wildman–Crippen LogP) is 2.74. The summed E-state index contributed by atoms with van der Waals surface area (Å²) in [5, 5.41) is 4.18. The second kappa shape index (κ2) is 7.40. The van der Waals surface area contributed by atoms with E-state index in [9.17, 15) is 4.79 Å². The van der Waals surface area contributed by atoms with Crippen LogP contribution in [-0.2, 0) is 11.3 Å². The summed E-state index contributed by atoms with van der Waals surface area (Å²) in [5.41, 5.74) is 0. The van der Waals surface area contributed by atoms with Crippen LogP contribution in [0.25, 0.3) is 0 Å². The fraction of sp³-hybridized carbons (Fsp3) is 0.500. The average Bonchev–Trinajstić information content (AvgIpc) is 3.41. The molecule has 1 aromatic carbocycles. The zero-order valence-corrected chi connectivity index (χ0v) is 15.1. The third-order valence-electron chi connectivity index (χ3n) is 5.60. The lowest BCUT2D eigenvalue weighted by molar-refractivity contribution is -0.136. The second-order valence-corrected chi connectivity index (χ2v) is 7.10. The molecular formula is C20H25N3O3. The number of hydrogen-bond donors (Lipinski definition) is 0. The number of carbonyl (C=O) groups excluding carboxylic acids is 1. The molecule has 3 atom stereocenters. The highest BCUT2D eigenvalue weighted by Crippen LogP contribution is 2.43. The lowest BCUT2D eigenvalue weighted by Crippen LogP contribution is -2.48. The number of nitrogens with zero attached hydrogens (tertiary/aromatic N) is 3. The van der Waals surface area contributed by atoms with Crippen LogP contribution in [0.5, 0.6) is 11.5 Å². The summed E-state index contributed by atoms with van der Waals surface area (Å²) in [7, 11) is 1.65. The van der Waals surface area contributed by atoms with Crippen molar-refractivity contribution in [2.75, 3.05) is 13.7 Å². The highest BCUT2D eigenvalue weighted by atomic mass is 16.5. The van der Waals surface area contributed by atoms with E-state index in [2.05, 4.69) is 10.00 Å². The summed E-state index contributed by atoms with van der Waals surface area (Å²) in [6, 6.07) is 10.1. The van der Waals surface area contributed by atoms with Crippen LogP contribution in [0.2, 0.25) is 0 Å². The first kappa shape index (κ1) is 16.9. The van der Waals surface area contributed by atoms with Crippen LogP contribution in [0.15, 0.2) is 42.7 Å². The highest BCUT2D eigenvalue weighted by Gasteiger charge is 2.47. The summed E-state index contributed by atoms with van der Waals surface area (Å²) in [5.74, 6) is 2.34. The molecule has 2 heterocycles. The highest BCUT2D eigenvalue weighted by molar-refractivity contribution is 5.77. The molecule has 2 aromatic rings. The molecule has 1 aliphatic heterocycles. The first-order chi connectivity index (χ1) is 12.7. The first-order valence-electron chi connectivity index (χ1n) is 9.30. The Morgan fingerprint density at radius 1 is 1.27 bits per heavy atom. The molecule has 0 N–H and O–H groups in total. The normalized spacial score (nSPS) is 24.0. The predicted molar refractivity (Wildman–Crippen MR) is 97.1 cm³/mol. The molecule has 1 aliphatic carbocycles. The Morgan fingerprint density at radius 2 is 2.15 bits per heavy atom. The van der Waals surface area contributed by atoms with Crippen LogP contribution in [-0.4, -0.2) is 46.4 Å². The van der Waals surface area contributed by atoms with Gasteiger partial charge in [0.25, 0.3) is 0 Å². The van der Waals surface area contributed by atoms with Gasteiger partial charge in [-0.15, -0.1) is 0 Å². The number of amides is 1. The molecule has 1 saturated heterocycles. The summed E-state index contributed by atoms with van der Waals surface area (Å²) in [4.78, 5) is 15.0. The number of rotatable bonds is 7. The molecule has 138 valence electrons. The Balaban J connectivity index is 1.39. The van der Waals surface area contributed by atoms with Gasteiger partial charge in [0.2, 0.25) is 5.91 Å². The van der Waals surface area contributed by atoms with Gasteiger partial charge in [0.05, 0.1) is 13.2 Å². The molecule has 0 spiro atoms. The van der Waals surface area contributed by atoms with E-state index in [0.29, 0.717) is 31.5 Å². The maximum absolute atomic E-state index is 12.9. The van der Waals surface area contributed by atoms with Crippen molar-refractivity contribution in [1.82, 2.24) is 14.7 Å². The maximum Gasteiger partial charge on any atom is 0.225 e. The van der Waals surface area contributed by atoms with Crippen molar-refractivity contribution in [3.63, 3.8) is 0 Å². The Morgan fingerprint density at radius 3 is 2.96 bits per heavy atom. The number of methoxy groups -OCH3 is 1. The molecule has 6 heteroatoms. The molecular weight excluding hydrogens is 330 g/mol. The minimum atomic E-state index is 0.171. The number of fused-ring (bicyclic) bond motifs is 2. The van der Waals surface area contributed by atoms with Crippen LogP contribution >= 0.6 is 0 Å². The fourth-order valence-electron chi connectivity index (χ4n) is 4.34. The molecule has 2 bridgehead atoms. The summed E-state index contributed by atoms with van der Waals surface area (Å²) >= 11 is 0. The lowest BCUT2D eigenvalue weighted by atomic mass is 9.99. The molecule has 0 radical (unpaired) electrons. The molecule has 2 aliphatic rings. The van der Waals surface area contributed by atoms with Gasteiger partial charge < -0.3 is 14.4 Å². The van der Waals surface area contributed by atoms with E-state index in [0.717, 1.165) is 24.3 Å². The van der Waals surface area contributed by atoms with Gasteiger partial charge in [-0.05, 0) is 43.4 Å². The number of carbonyl (C=O) groups is 1. The van der Waals surface area contributed by atoms with Gasteiger partial charge in [-0.3, -0.25) is 9.48 Å². The van der Waals surface area contributed by atoms with Gasteiger partial charge >= 0.3 is 0 Å². The third kappa shape index (κ3) is 3.41. The van der Waals surface area contributed by atoms with E-state index < -0.39 is 0 Å². The Labute approximate surface area is 153 Å². The van der Waals surface area contributed by atoms with Crippen molar-refractivity contribution in [2.45, 2.75) is 44.3 Å². The Bertz CT molecular complexity index is 747. The van der Waals surface area contributed by atoms with Gasteiger partial charge in [-0.2, -0.15) is 5.10 Å². The van der Waals surface area contributed by atoms with Crippen molar-refractivity contribution in [1.29, 1.82) is 0 Å². The Kier molecular flexibility index (Phi) is 4.82. The number of aromatic nitrogens is 2. The van der Waals surface area contributed by atoms with E-state index in [1.165, 1.54) is 6.42 Å². The van der Waals surface area contributed by atoms with Crippen molar-refractivity contribution >= 4 is 5.91 Å². The number of aryl methyl sites for hydroxylation is 1. The number of ether oxygens (including phenoxy) is 2. The molecule has 1 saturated carbocycles. The smallest absolute Gasteiger partial charge is 0.225 e. The second-order valence-electron chi connectivity index (χ2n) is 7.10. The van der Waals surface area contributed by atoms with E-state index >= 15 is 0 Å². The van der Waals surface area contributed by atoms with Crippen LogP contribution in [0.4, 0.5) is 0 Å². The van der Waals surface area contributed by atoms with E-state index in [1.807, 2.05) is 41.2 Å². The summed E-state index contributed by atoms with van der Waals surface area (Å²) in [6.07, 6.45) is 7.55. The van der Waals surface area contributed by atoms with Crippen LogP contribution in [0.3, 0.4) is 0 Å². The number of likely N-dealkylation sites (tertiary alicyclic amines) is 1. The minimum Gasteiger partial charge on any atom is -0.497 e. The van der Waals surface area contributed by atoms with Gasteiger partial charge in [0.15, 0.2) is 0 Å². The average molecular weight is 355 g/mol. The van der Waals surface area contributed by atoms with Crippen LogP contribution < -0.4 is 9.47 Å². The molecule has 2 unspecified atom stereocenters. The monoisotopic (exact) mass is 355 g/mol. The van der Waals surface area contributed by atoms with Gasteiger partial charge in [0, 0.05) is 37.5 Å². The van der Waals surface area contributed by atoms with Crippen molar-refractivity contribution in [3.8, 4) is 11.5 Å². The lowest BCUT2D eigenvalue weighted by Gasteiger charge is -2.35. The number of benzene rings is 1. The van der Waals surface area contributed by atoms with Crippen molar-refractivity contribution in [2.24, 2.45) is 5.92 Å². The number of piperidine rings is 1. The molecule has 4 rings (SSSR count). The van der Waals surface area contributed by atoms with Crippen LogP contribution in [0.1, 0.15) is 25.7 Å². The SMILES string of the molecule is COc1cccc(OC[C@H]2C3CCC(C3)N2C(=O)CCn2cccn2)c1. The molecule has 1 aromatic heterocycles. The van der Waals surface area contributed by atoms with E-state index in [-0.39, 0.29) is 11.9 Å². The largest absolute Gasteiger partial charge is 0.497 e. The van der Waals surface area contributed by atoms with Crippen molar-refractivity contribution in [3.05, 3.63) is 42.7 Å². The molecule has 6 nitrogen and oxygen atoms in total. The van der Waals surface area contributed by atoms with Crippen LogP contribution in [0, 0.1) is 5.92 Å². The van der Waals surface area contributed by atoms with E-state index in [4.69, 9.17) is 9.47 Å². The maximum atomic E-state index is 12.9. The van der Waals surface area contributed by atoms with E-state index in [1.54, 1.807) is 13.3 Å². The third-order valence-corrected chi connectivity index (χ3v) is 5.60. The van der Waals surface area contributed by atoms with Crippen molar-refractivity contribution < 1.29 is 14.3 Å². The van der Waals surface area contributed by atoms with Gasteiger partial charge in [-0.1, -0.05) is 6.07 Å². The standard InChI is InChI=1S/C20H25N3O3/c1-25-17-4-2-5-18(13-17)26-14-19-15-6-7-16(12-15)23(19)20(24)8-11-22-10-3-9-21-22/h2-5,9-10,13,15-16,19H,6-8,11-12,14H2,1H3/t15?,16?,19-/m0/s1. The van der Waals surface area contributed by atoms with Gasteiger partial charge in [0.1, 0.15) is 18.1 Å².